The molecule has 0 saturated carbocycles. The van der Waals surface area contributed by atoms with Crippen molar-refractivity contribution < 1.29 is 9.84 Å². The van der Waals surface area contributed by atoms with Gasteiger partial charge < -0.3 is 14.7 Å². The molecule has 40 heavy (non-hydrogen) atoms. The Hall–Kier alpha value is -3.56. The van der Waals surface area contributed by atoms with Crippen LogP contribution in [0.2, 0.25) is 0 Å². The van der Waals surface area contributed by atoms with Crippen LogP contribution in [-0.2, 0) is 10.2 Å². The maximum absolute atomic E-state index is 11.0. The van der Waals surface area contributed by atoms with Gasteiger partial charge in [-0.25, -0.2) is 0 Å². The number of aryl methyl sites for hydroxylation is 2. The maximum Gasteiger partial charge on any atom is 0.139 e. The number of hydrogen-bond acceptors (Lipinski definition) is 3. The minimum atomic E-state index is -0.142. The number of rotatable bonds is 12. The van der Waals surface area contributed by atoms with E-state index in [9.17, 15) is 5.11 Å². The average molecular weight is 536 g/mol. The number of ether oxygens (including phenoxy) is 1. The topological polar surface area (TPSA) is 32.7 Å². The number of aromatic hydroxyl groups is 1. The van der Waals surface area contributed by atoms with Crippen molar-refractivity contribution in [2.75, 3.05) is 18.6 Å². The molecule has 0 aromatic heterocycles. The third-order valence-corrected chi connectivity index (χ3v) is 8.11. The zero-order valence-electron chi connectivity index (χ0n) is 25.1. The molecule has 4 rings (SSSR count). The van der Waals surface area contributed by atoms with Crippen LogP contribution in [-0.4, -0.2) is 24.9 Å². The number of phenolic OH excluding ortho intramolecular Hbond substituents is 1. The molecule has 0 heterocycles. The van der Waals surface area contributed by atoms with Crippen LogP contribution in [0, 0.1) is 13.8 Å². The molecule has 1 N–H and O–H groups in total. The molecule has 0 aliphatic rings. The molecule has 0 bridgehead atoms. The SMILES string of the molecule is CCCCC(CCN(c1cc(C)ccc1O)c1ccccc1-c1cc(C)cc(C(C)(C)c2ccccc2)c1)OC. The molecule has 4 aromatic carbocycles. The largest absolute Gasteiger partial charge is 0.506 e. The fourth-order valence-electron chi connectivity index (χ4n) is 5.58. The molecule has 0 fully saturated rings. The van der Waals surface area contributed by atoms with Crippen molar-refractivity contribution in [3.8, 4) is 16.9 Å². The van der Waals surface area contributed by atoms with E-state index in [4.69, 9.17) is 4.74 Å². The minimum absolute atomic E-state index is 0.142. The van der Waals surface area contributed by atoms with E-state index < -0.39 is 0 Å². The number of unbranched alkanes of at least 4 members (excludes halogenated alkanes) is 1. The minimum Gasteiger partial charge on any atom is -0.506 e. The lowest BCUT2D eigenvalue weighted by molar-refractivity contribution is 0.0880. The smallest absolute Gasteiger partial charge is 0.139 e. The molecule has 210 valence electrons. The second kappa shape index (κ2) is 13.2. The first kappa shape index (κ1) is 29.4. The lowest BCUT2D eigenvalue weighted by atomic mass is 9.77. The lowest BCUT2D eigenvalue weighted by Crippen LogP contribution is -2.24. The van der Waals surface area contributed by atoms with Crippen molar-refractivity contribution in [2.45, 2.75) is 71.8 Å². The van der Waals surface area contributed by atoms with Gasteiger partial charge in [0.1, 0.15) is 5.75 Å². The first-order valence-corrected chi connectivity index (χ1v) is 14.6. The van der Waals surface area contributed by atoms with E-state index >= 15 is 0 Å². The molecule has 1 unspecified atom stereocenters. The first-order chi connectivity index (χ1) is 19.2. The zero-order chi connectivity index (χ0) is 28.7. The van der Waals surface area contributed by atoms with Gasteiger partial charge in [0.15, 0.2) is 0 Å². The Morgan fingerprint density at radius 2 is 1.50 bits per heavy atom. The molecule has 0 aliphatic heterocycles. The molecule has 0 saturated heterocycles. The van der Waals surface area contributed by atoms with E-state index in [1.165, 1.54) is 22.3 Å². The van der Waals surface area contributed by atoms with Crippen LogP contribution in [0.25, 0.3) is 11.1 Å². The molecule has 1 atom stereocenters. The number of nitrogens with zero attached hydrogens (tertiary/aromatic N) is 1. The van der Waals surface area contributed by atoms with Gasteiger partial charge in [0, 0.05) is 30.3 Å². The van der Waals surface area contributed by atoms with Crippen molar-refractivity contribution in [3.63, 3.8) is 0 Å². The Labute approximate surface area is 241 Å². The summed E-state index contributed by atoms with van der Waals surface area (Å²) in [5.41, 5.74) is 9.04. The van der Waals surface area contributed by atoms with E-state index in [0.717, 1.165) is 54.7 Å². The van der Waals surface area contributed by atoms with Crippen LogP contribution in [0.4, 0.5) is 11.4 Å². The summed E-state index contributed by atoms with van der Waals surface area (Å²) < 4.78 is 5.87. The molecule has 3 nitrogen and oxygen atoms in total. The Morgan fingerprint density at radius 3 is 2.23 bits per heavy atom. The second-order valence-corrected chi connectivity index (χ2v) is 11.5. The van der Waals surface area contributed by atoms with Crippen LogP contribution in [0.5, 0.6) is 5.75 Å². The predicted molar refractivity (Wildman–Crippen MR) is 170 cm³/mol. The van der Waals surface area contributed by atoms with Crippen molar-refractivity contribution in [1.82, 2.24) is 0 Å². The van der Waals surface area contributed by atoms with E-state index in [1.54, 1.807) is 6.07 Å². The standard InChI is InChI=1S/C37H45NO2/c1-7-8-16-32(40-6)21-22-38(35-25-27(2)19-20-36(35)39)34-18-13-12-17-33(34)29-23-28(3)24-31(26-29)37(4,5)30-14-10-9-11-15-30/h9-15,17-20,23-26,32,39H,7-8,16,21-22H2,1-6H3. The number of hydrogen-bond donors (Lipinski definition) is 1. The van der Waals surface area contributed by atoms with Crippen molar-refractivity contribution in [3.05, 3.63) is 113 Å². The maximum atomic E-state index is 11.0. The van der Waals surface area contributed by atoms with Crippen molar-refractivity contribution >= 4 is 11.4 Å². The molecular formula is C37H45NO2. The van der Waals surface area contributed by atoms with Crippen LogP contribution >= 0.6 is 0 Å². The van der Waals surface area contributed by atoms with Gasteiger partial charge >= 0.3 is 0 Å². The second-order valence-electron chi connectivity index (χ2n) is 11.5. The predicted octanol–water partition coefficient (Wildman–Crippen LogP) is 9.74. The molecule has 0 amide bonds. The zero-order valence-corrected chi connectivity index (χ0v) is 25.1. The third-order valence-electron chi connectivity index (χ3n) is 8.11. The summed E-state index contributed by atoms with van der Waals surface area (Å²) in [6, 6.07) is 32.1. The number of para-hydroxylation sites is 1. The highest BCUT2D eigenvalue weighted by Crippen LogP contribution is 2.41. The average Bonchev–Trinajstić information content (AvgIpc) is 2.96. The summed E-state index contributed by atoms with van der Waals surface area (Å²) in [6.45, 7) is 11.8. The van der Waals surface area contributed by atoms with Gasteiger partial charge in [-0.1, -0.05) is 112 Å². The van der Waals surface area contributed by atoms with Crippen LogP contribution in [0.15, 0.2) is 91.0 Å². The van der Waals surface area contributed by atoms with Gasteiger partial charge in [0.05, 0.1) is 11.8 Å². The number of methoxy groups -OCH3 is 1. The number of phenols is 1. The molecule has 3 heteroatoms. The molecule has 4 aromatic rings. The Morgan fingerprint density at radius 1 is 0.775 bits per heavy atom. The van der Waals surface area contributed by atoms with Gasteiger partial charge in [0.25, 0.3) is 0 Å². The number of anilines is 2. The van der Waals surface area contributed by atoms with E-state index in [1.807, 2.05) is 13.2 Å². The van der Waals surface area contributed by atoms with Gasteiger partial charge in [-0.15, -0.1) is 0 Å². The fraction of sp³-hybridized carbons (Fsp3) is 0.351. The highest BCUT2D eigenvalue weighted by atomic mass is 16.5. The fourth-order valence-corrected chi connectivity index (χ4v) is 5.58. The van der Waals surface area contributed by atoms with Gasteiger partial charge in [-0.3, -0.25) is 0 Å². The molecular weight excluding hydrogens is 490 g/mol. The summed E-state index contributed by atoms with van der Waals surface area (Å²) in [6.07, 6.45) is 4.39. The summed E-state index contributed by atoms with van der Waals surface area (Å²) in [4.78, 5) is 2.28. The summed E-state index contributed by atoms with van der Waals surface area (Å²) in [5.74, 6) is 0.290. The van der Waals surface area contributed by atoms with Crippen molar-refractivity contribution in [1.29, 1.82) is 0 Å². The van der Waals surface area contributed by atoms with E-state index in [0.29, 0.717) is 0 Å². The Bertz CT molecular complexity index is 1390. The van der Waals surface area contributed by atoms with Crippen molar-refractivity contribution in [2.24, 2.45) is 0 Å². The highest BCUT2D eigenvalue weighted by Gasteiger charge is 2.25. The molecule has 0 spiro atoms. The van der Waals surface area contributed by atoms with Crippen LogP contribution in [0.1, 0.15) is 68.7 Å². The molecule has 0 radical (unpaired) electrons. The van der Waals surface area contributed by atoms with Gasteiger partial charge in [0.2, 0.25) is 0 Å². The van der Waals surface area contributed by atoms with E-state index in [-0.39, 0.29) is 17.3 Å². The van der Waals surface area contributed by atoms with Crippen LogP contribution in [0.3, 0.4) is 0 Å². The lowest BCUT2D eigenvalue weighted by Gasteiger charge is -2.31. The van der Waals surface area contributed by atoms with Crippen LogP contribution < -0.4 is 4.90 Å². The third kappa shape index (κ3) is 6.77. The monoisotopic (exact) mass is 535 g/mol. The van der Waals surface area contributed by atoms with E-state index in [2.05, 4.69) is 118 Å². The summed E-state index contributed by atoms with van der Waals surface area (Å²) in [5, 5.41) is 11.0. The van der Waals surface area contributed by atoms with Gasteiger partial charge in [-0.2, -0.15) is 0 Å². The number of benzene rings is 4. The van der Waals surface area contributed by atoms with Gasteiger partial charge in [-0.05, 0) is 67.1 Å². The molecule has 0 aliphatic carbocycles. The Balaban J connectivity index is 1.81. The highest BCUT2D eigenvalue weighted by molar-refractivity contribution is 5.84. The summed E-state index contributed by atoms with van der Waals surface area (Å²) in [7, 11) is 1.81. The first-order valence-electron chi connectivity index (χ1n) is 14.6. The Kier molecular flexibility index (Phi) is 9.71. The summed E-state index contributed by atoms with van der Waals surface area (Å²) >= 11 is 0. The quantitative estimate of drug-likeness (QED) is 0.196. The normalized spacial score (nSPS) is 12.3.